The first-order valence-corrected chi connectivity index (χ1v) is 11.7. The zero-order valence-corrected chi connectivity index (χ0v) is 20.3. The molecule has 0 bridgehead atoms. The molecule has 35 heavy (non-hydrogen) atoms. The lowest BCUT2D eigenvalue weighted by molar-refractivity contribution is 0.0694. The van der Waals surface area contributed by atoms with Gasteiger partial charge in [0.05, 0.1) is 21.8 Å². The van der Waals surface area contributed by atoms with E-state index in [1.54, 1.807) is 34.9 Å². The van der Waals surface area contributed by atoms with Gasteiger partial charge in [0, 0.05) is 44.3 Å². The normalized spacial score (nSPS) is 13.7. The summed E-state index contributed by atoms with van der Waals surface area (Å²) >= 11 is 11.5. The lowest BCUT2D eigenvalue weighted by atomic mass is 10.1. The number of aryl methyl sites for hydroxylation is 1. The molecule has 1 aromatic heterocycles. The van der Waals surface area contributed by atoms with Crippen LogP contribution in [0.5, 0.6) is 0 Å². The topological polar surface area (TPSA) is 94.9 Å². The Morgan fingerprint density at radius 1 is 1.14 bits per heavy atom. The van der Waals surface area contributed by atoms with Crippen LogP contribution in [0.1, 0.15) is 27.6 Å². The van der Waals surface area contributed by atoms with Gasteiger partial charge in [-0.1, -0.05) is 23.7 Å². The fraction of sp³-hybridized carbons (Fsp3) is 0.250. The Morgan fingerprint density at radius 3 is 2.46 bits per heavy atom. The first kappa shape index (κ1) is 24.6. The highest BCUT2D eigenvalue weighted by Gasteiger charge is 2.24. The van der Waals surface area contributed by atoms with Crippen molar-refractivity contribution in [3.05, 3.63) is 74.8 Å². The van der Waals surface area contributed by atoms with Gasteiger partial charge in [-0.2, -0.15) is 0 Å². The number of hydrogen-bond donors (Lipinski definition) is 2. The molecule has 0 radical (unpaired) electrons. The lowest BCUT2D eigenvalue weighted by Crippen LogP contribution is -2.53. The lowest BCUT2D eigenvalue weighted by Gasteiger charge is -2.37. The predicted molar refractivity (Wildman–Crippen MR) is 136 cm³/mol. The van der Waals surface area contributed by atoms with E-state index >= 15 is 4.39 Å². The smallest absolute Gasteiger partial charge is 0.341 e. The van der Waals surface area contributed by atoms with Crippen LogP contribution < -0.4 is 15.6 Å². The van der Waals surface area contributed by atoms with Gasteiger partial charge in [0.15, 0.2) is 5.11 Å². The van der Waals surface area contributed by atoms with Crippen molar-refractivity contribution >= 4 is 57.4 Å². The van der Waals surface area contributed by atoms with Crippen LogP contribution in [0.2, 0.25) is 5.02 Å². The highest BCUT2D eigenvalue weighted by molar-refractivity contribution is 7.80. The van der Waals surface area contributed by atoms with Crippen LogP contribution in [0.3, 0.4) is 0 Å². The molecule has 2 aromatic carbocycles. The van der Waals surface area contributed by atoms with Gasteiger partial charge in [-0.15, -0.1) is 0 Å². The summed E-state index contributed by atoms with van der Waals surface area (Å²) in [6.45, 7) is 3.96. The number of anilines is 1. The van der Waals surface area contributed by atoms with E-state index in [0.29, 0.717) is 54.5 Å². The second kappa shape index (κ2) is 10.0. The summed E-state index contributed by atoms with van der Waals surface area (Å²) in [6.07, 6.45) is 1.28. The number of carbonyl (C=O) groups excluding carboxylic acids is 1. The zero-order chi connectivity index (χ0) is 25.3. The Kier molecular flexibility index (Phi) is 7.04. The van der Waals surface area contributed by atoms with Crippen molar-refractivity contribution < 1.29 is 19.1 Å². The maximum atomic E-state index is 15.1. The molecule has 0 aliphatic carbocycles. The molecule has 1 aliphatic heterocycles. The second-order valence-electron chi connectivity index (χ2n) is 8.00. The van der Waals surface area contributed by atoms with Crippen molar-refractivity contribution in [1.29, 1.82) is 0 Å². The Hall–Kier alpha value is -3.50. The Morgan fingerprint density at radius 2 is 1.83 bits per heavy atom. The zero-order valence-electron chi connectivity index (χ0n) is 18.8. The summed E-state index contributed by atoms with van der Waals surface area (Å²) in [6, 6.07) is 9.35. The maximum absolute atomic E-state index is 15.1. The number of hydrogen-bond acceptors (Lipinski definition) is 5. The van der Waals surface area contributed by atoms with Gasteiger partial charge in [-0.25, -0.2) is 9.18 Å². The summed E-state index contributed by atoms with van der Waals surface area (Å²) in [5, 5.41) is 12.6. The van der Waals surface area contributed by atoms with Crippen molar-refractivity contribution in [2.45, 2.75) is 13.5 Å². The number of nitrogens with one attached hydrogen (secondary N) is 1. The number of aromatic nitrogens is 1. The monoisotopic (exact) mass is 516 g/mol. The number of pyridine rings is 1. The number of halogens is 2. The molecule has 1 aliphatic rings. The Bertz CT molecular complexity index is 1400. The minimum atomic E-state index is -1.35. The van der Waals surface area contributed by atoms with Crippen LogP contribution in [0, 0.1) is 5.82 Å². The summed E-state index contributed by atoms with van der Waals surface area (Å²) in [4.78, 5) is 40.1. The molecule has 3 aromatic rings. The number of carbonyl (C=O) groups is 2. The molecule has 0 atom stereocenters. The molecule has 1 amide bonds. The van der Waals surface area contributed by atoms with Crippen molar-refractivity contribution in [3.8, 4) is 0 Å². The summed E-state index contributed by atoms with van der Waals surface area (Å²) < 4.78 is 16.7. The highest BCUT2D eigenvalue weighted by Crippen LogP contribution is 2.26. The molecule has 2 N–H and O–H groups in total. The fourth-order valence-electron chi connectivity index (χ4n) is 4.10. The maximum Gasteiger partial charge on any atom is 0.341 e. The van der Waals surface area contributed by atoms with E-state index in [4.69, 9.17) is 23.8 Å². The van der Waals surface area contributed by atoms with E-state index < -0.39 is 28.7 Å². The van der Waals surface area contributed by atoms with Crippen molar-refractivity contribution in [2.24, 2.45) is 0 Å². The molecule has 0 spiro atoms. The second-order valence-corrected chi connectivity index (χ2v) is 8.79. The third kappa shape index (κ3) is 4.85. The van der Waals surface area contributed by atoms with Crippen LogP contribution in [-0.2, 0) is 6.54 Å². The molecule has 0 unspecified atom stereocenters. The number of carboxylic acid groups (broad SMARTS) is 1. The number of thiocarbonyl (C=S) groups is 1. The summed E-state index contributed by atoms with van der Waals surface area (Å²) in [7, 11) is 0. The van der Waals surface area contributed by atoms with Gasteiger partial charge >= 0.3 is 5.97 Å². The molecule has 1 saturated heterocycles. The predicted octanol–water partition coefficient (Wildman–Crippen LogP) is 3.35. The molecule has 2 heterocycles. The van der Waals surface area contributed by atoms with Gasteiger partial charge < -0.3 is 19.5 Å². The largest absolute Gasteiger partial charge is 0.477 e. The number of piperazine rings is 1. The van der Waals surface area contributed by atoms with Gasteiger partial charge in [0.1, 0.15) is 11.4 Å². The SMILES string of the molecule is CCn1cc(C(=O)O)c(=O)c2cc(F)c(N3CCN(C(=S)NC(=O)c4ccccc4Cl)CC3)cc21. The van der Waals surface area contributed by atoms with E-state index in [9.17, 15) is 19.5 Å². The third-order valence-corrected chi connectivity index (χ3v) is 6.66. The number of nitrogens with zero attached hydrogens (tertiary/aromatic N) is 3. The average molecular weight is 517 g/mol. The number of amides is 1. The molecule has 182 valence electrons. The van der Waals surface area contributed by atoms with E-state index in [1.807, 2.05) is 16.7 Å². The fourth-order valence-corrected chi connectivity index (χ4v) is 4.59. The molecule has 1 fully saturated rings. The standard InChI is InChI=1S/C24H22ClFN4O4S/c1-2-28-13-16(23(33)34)21(31)15-11-18(26)20(12-19(15)28)29-7-9-30(10-8-29)24(35)27-22(32)14-5-3-4-6-17(14)25/h3-6,11-13H,2,7-10H2,1H3,(H,33,34)(H,27,32,35). The van der Waals surface area contributed by atoms with E-state index in [0.717, 1.165) is 6.07 Å². The number of fused-ring (bicyclic) bond motifs is 1. The van der Waals surface area contributed by atoms with Crippen LogP contribution in [-0.4, -0.2) is 57.7 Å². The van der Waals surface area contributed by atoms with Crippen LogP contribution in [0.15, 0.2) is 47.4 Å². The van der Waals surface area contributed by atoms with Gasteiger partial charge in [-0.3, -0.25) is 14.9 Å². The van der Waals surface area contributed by atoms with E-state index in [2.05, 4.69) is 5.32 Å². The van der Waals surface area contributed by atoms with Crippen LogP contribution >= 0.6 is 23.8 Å². The first-order chi connectivity index (χ1) is 16.7. The highest BCUT2D eigenvalue weighted by atomic mass is 35.5. The van der Waals surface area contributed by atoms with Crippen LogP contribution in [0.4, 0.5) is 10.1 Å². The van der Waals surface area contributed by atoms with Crippen molar-refractivity contribution in [1.82, 2.24) is 14.8 Å². The molecule has 4 rings (SSSR count). The minimum absolute atomic E-state index is 0.0232. The molecule has 11 heteroatoms. The number of rotatable bonds is 4. The molecular weight excluding hydrogens is 495 g/mol. The van der Waals surface area contributed by atoms with E-state index in [1.165, 1.54) is 6.20 Å². The van der Waals surface area contributed by atoms with Gasteiger partial charge in [0.2, 0.25) is 5.43 Å². The summed E-state index contributed by atoms with van der Waals surface area (Å²) in [5.74, 6) is -2.36. The van der Waals surface area contributed by atoms with Crippen molar-refractivity contribution in [3.63, 3.8) is 0 Å². The number of carboxylic acids is 1. The van der Waals surface area contributed by atoms with Gasteiger partial charge in [-0.05, 0) is 43.4 Å². The quantitative estimate of drug-likeness (QED) is 0.513. The Labute approximate surface area is 210 Å². The minimum Gasteiger partial charge on any atom is -0.477 e. The van der Waals surface area contributed by atoms with Crippen LogP contribution in [0.25, 0.3) is 10.9 Å². The first-order valence-electron chi connectivity index (χ1n) is 10.9. The number of aromatic carboxylic acids is 1. The number of benzene rings is 2. The van der Waals surface area contributed by atoms with Gasteiger partial charge in [0.25, 0.3) is 5.91 Å². The van der Waals surface area contributed by atoms with E-state index in [-0.39, 0.29) is 10.5 Å². The molecule has 8 nitrogen and oxygen atoms in total. The molecular formula is C24H22ClFN4O4S. The Balaban J connectivity index is 1.51. The average Bonchev–Trinajstić information content (AvgIpc) is 2.84. The molecule has 0 saturated carbocycles. The van der Waals surface area contributed by atoms with Crippen molar-refractivity contribution in [2.75, 3.05) is 31.1 Å². The third-order valence-electron chi connectivity index (χ3n) is 5.97. The summed E-state index contributed by atoms with van der Waals surface area (Å²) in [5.41, 5.74) is -0.0161.